The number of aromatic nitrogens is 1. The highest BCUT2D eigenvalue weighted by Crippen LogP contribution is 2.29. The van der Waals surface area contributed by atoms with Crippen LogP contribution in [0.5, 0.6) is 0 Å². The average molecular weight is 207 g/mol. The van der Waals surface area contributed by atoms with E-state index in [0.717, 1.165) is 6.42 Å². The molecule has 0 atom stereocenters. The molecule has 2 aromatic rings. The highest BCUT2D eigenvalue weighted by Gasteiger charge is 2.24. The van der Waals surface area contributed by atoms with E-state index in [1.807, 2.05) is 0 Å². The van der Waals surface area contributed by atoms with E-state index in [-0.39, 0.29) is 11.2 Å². The van der Waals surface area contributed by atoms with Gasteiger partial charge in [0.05, 0.1) is 0 Å². The monoisotopic (exact) mass is 207 g/mol. The summed E-state index contributed by atoms with van der Waals surface area (Å²) in [6.07, 6.45) is 0.933. The van der Waals surface area contributed by atoms with E-state index in [1.165, 1.54) is 12.1 Å². The Kier molecular flexibility index (Phi) is 2.25. The summed E-state index contributed by atoms with van der Waals surface area (Å²) in [7, 11) is 0. The van der Waals surface area contributed by atoms with E-state index < -0.39 is 0 Å². The molecule has 0 saturated heterocycles. The van der Waals surface area contributed by atoms with Crippen molar-refractivity contribution < 1.29 is 8.81 Å². The summed E-state index contributed by atoms with van der Waals surface area (Å²) >= 11 is 0. The first-order valence-electron chi connectivity index (χ1n) is 5.09. The molecule has 80 valence electrons. The molecule has 3 heteroatoms. The molecule has 0 aliphatic rings. The maximum atomic E-state index is 12.9. The van der Waals surface area contributed by atoms with Gasteiger partial charge in [-0.15, -0.1) is 0 Å². The Balaban J connectivity index is 2.56. The second-order valence-corrected chi connectivity index (χ2v) is 4.37. The Morgan fingerprint density at radius 3 is 2.80 bits per heavy atom. The van der Waals surface area contributed by atoms with Crippen LogP contribution < -0.4 is 0 Å². The van der Waals surface area contributed by atoms with Crippen LogP contribution in [0.2, 0.25) is 0 Å². The van der Waals surface area contributed by atoms with Gasteiger partial charge in [-0.3, -0.25) is 0 Å². The first kappa shape index (κ1) is 10.1. The molecular weight excluding hydrogens is 193 g/mol. The van der Waals surface area contributed by atoms with Gasteiger partial charge in [0.15, 0.2) is 5.58 Å². The molecule has 0 aliphatic carbocycles. The summed E-state index contributed by atoms with van der Waals surface area (Å²) < 4.78 is 18.5. The first-order chi connectivity index (χ1) is 7.03. The van der Waals surface area contributed by atoms with E-state index >= 15 is 0 Å². The molecule has 2 rings (SSSR count). The molecule has 1 heterocycles. The molecule has 0 unspecified atom stereocenters. The van der Waals surface area contributed by atoms with E-state index in [1.54, 1.807) is 6.07 Å². The molecule has 2 nitrogen and oxygen atoms in total. The van der Waals surface area contributed by atoms with Crippen molar-refractivity contribution in [2.24, 2.45) is 0 Å². The van der Waals surface area contributed by atoms with E-state index in [2.05, 4.69) is 25.8 Å². The van der Waals surface area contributed by atoms with Gasteiger partial charge >= 0.3 is 0 Å². The van der Waals surface area contributed by atoms with Crippen LogP contribution in [0.4, 0.5) is 4.39 Å². The predicted octanol–water partition coefficient (Wildman–Crippen LogP) is 3.65. The van der Waals surface area contributed by atoms with Crippen molar-refractivity contribution in [1.82, 2.24) is 4.98 Å². The lowest BCUT2D eigenvalue weighted by molar-refractivity contribution is 0.373. The van der Waals surface area contributed by atoms with Gasteiger partial charge in [-0.2, -0.15) is 0 Å². The lowest BCUT2D eigenvalue weighted by atomic mass is 9.90. The van der Waals surface area contributed by atoms with E-state index in [9.17, 15) is 4.39 Å². The second kappa shape index (κ2) is 3.33. The molecule has 0 spiro atoms. The van der Waals surface area contributed by atoms with Crippen LogP contribution in [0.25, 0.3) is 11.1 Å². The van der Waals surface area contributed by atoms with Crippen molar-refractivity contribution in [2.45, 2.75) is 32.6 Å². The van der Waals surface area contributed by atoms with Crippen LogP contribution in [-0.4, -0.2) is 4.98 Å². The number of fused-ring (bicyclic) bond motifs is 1. The van der Waals surface area contributed by atoms with Crippen LogP contribution in [-0.2, 0) is 5.41 Å². The van der Waals surface area contributed by atoms with Crippen molar-refractivity contribution in [2.75, 3.05) is 0 Å². The van der Waals surface area contributed by atoms with Crippen LogP contribution in [0.15, 0.2) is 22.6 Å². The number of halogens is 1. The van der Waals surface area contributed by atoms with Gasteiger partial charge in [0.25, 0.3) is 0 Å². The van der Waals surface area contributed by atoms with Crippen molar-refractivity contribution in [3.05, 3.63) is 29.9 Å². The summed E-state index contributed by atoms with van der Waals surface area (Å²) in [6, 6.07) is 4.40. The average Bonchev–Trinajstić information content (AvgIpc) is 2.61. The zero-order chi connectivity index (χ0) is 11.1. The normalized spacial score (nSPS) is 12.3. The fourth-order valence-corrected chi connectivity index (χ4v) is 1.34. The standard InChI is InChI=1S/C12H14FNO/c1-4-12(2,3)11-14-9-7-8(13)5-6-10(9)15-11/h5-7H,4H2,1-3H3. The Bertz CT molecular complexity index is 487. The molecule has 0 N–H and O–H groups in total. The fraction of sp³-hybridized carbons (Fsp3) is 0.417. The minimum absolute atomic E-state index is 0.102. The maximum absolute atomic E-state index is 12.9. The highest BCUT2D eigenvalue weighted by molar-refractivity contribution is 5.72. The van der Waals surface area contributed by atoms with Gasteiger partial charge in [-0.1, -0.05) is 20.8 Å². The first-order valence-corrected chi connectivity index (χ1v) is 5.09. The topological polar surface area (TPSA) is 26.0 Å². The number of oxazole rings is 1. The largest absolute Gasteiger partial charge is 0.440 e. The van der Waals surface area contributed by atoms with Gasteiger partial charge in [0, 0.05) is 11.5 Å². The molecule has 1 aromatic carbocycles. The van der Waals surface area contributed by atoms with E-state index in [0.29, 0.717) is 17.0 Å². The molecule has 1 aromatic heterocycles. The Hall–Kier alpha value is -1.38. The molecule has 0 amide bonds. The Morgan fingerprint density at radius 2 is 2.13 bits per heavy atom. The van der Waals surface area contributed by atoms with E-state index in [4.69, 9.17) is 4.42 Å². The third kappa shape index (κ3) is 1.74. The third-order valence-corrected chi connectivity index (χ3v) is 2.81. The molecule has 0 bridgehead atoms. The number of hydrogen-bond donors (Lipinski definition) is 0. The molecule has 0 saturated carbocycles. The Morgan fingerprint density at radius 1 is 1.40 bits per heavy atom. The molecular formula is C12H14FNO. The Labute approximate surface area is 88.1 Å². The zero-order valence-corrected chi connectivity index (χ0v) is 9.17. The summed E-state index contributed by atoms with van der Waals surface area (Å²) in [5.41, 5.74) is 1.13. The molecule has 15 heavy (non-hydrogen) atoms. The van der Waals surface area contributed by atoms with Crippen LogP contribution in [0.3, 0.4) is 0 Å². The smallest absolute Gasteiger partial charge is 0.201 e. The SMILES string of the molecule is CCC(C)(C)c1nc2cc(F)ccc2o1. The lowest BCUT2D eigenvalue weighted by Gasteiger charge is -2.16. The van der Waals surface area contributed by atoms with Crippen molar-refractivity contribution in [3.63, 3.8) is 0 Å². The van der Waals surface area contributed by atoms with Crippen LogP contribution in [0.1, 0.15) is 33.1 Å². The molecule has 0 aliphatic heterocycles. The van der Waals surface area contributed by atoms with Gasteiger partial charge in [-0.05, 0) is 18.6 Å². The molecule has 0 fully saturated rings. The van der Waals surface area contributed by atoms with Crippen LogP contribution in [0, 0.1) is 5.82 Å². The van der Waals surface area contributed by atoms with Gasteiger partial charge in [0.2, 0.25) is 5.89 Å². The minimum atomic E-state index is -0.281. The summed E-state index contributed by atoms with van der Waals surface area (Å²) in [6.45, 7) is 6.21. The summed E-state index contributed by atoms with van der Waals surface area (Å²) in [4.78, 5) is 4.31. The summed E-state index contributed by atoms with van der Waals surface area (Å²) in [5, 5.41) is 0. The number of rotatable bonds is 2. The number of nitrogens with zero attached hydrogens (tertiary/aromatic N) is 1. The quantitative estimate of drug-likeness (QED) is 0.751. The minimum Gasteiger partial charge on any atom is -0.440 e. The molecule has 0 radical (unpaired) electrons. The number of hydrogen-bond acceptors (Lipinski definition) is 2. The van der Waals surface area contributed by atoms with Crippen molar-refractivity contribution in [3.8, 4) is 0 Å². The highest BCUT2D eigenvalue weighted by atomic mass is 19.1. The van der Waals surface area contributed by atoms with Crippen molar-refractivity contribution >= 4 is 11.1 Å². The number of benzene rings is 1. The van der Waals surface area contributed by atoms with Crippen LogP contribution >= 0.6 is 0 Å². The maximum Gasteiger partial charge on any atom is 0.201 e. The van der Waals surface area contributed by atoms with Gasteiger partial charge in [-0.25, -0.2) is 9.37 Å². The summed E-state index contributed by atoms with van der Waals surface area (Å²) in [5.74, 6) is 0.391. The predicted molar refractivity (Wildman–Crippen MR) is 57.3 cm³/mol. The van der Waals surface area contributed by atoms with Gasteiger partial charge in [0.1, 0.15) is 11.3 Å². The van der Waals surface area contributed by atoms with Crippen molar-refractivity contribution in [1.29, 1.82) is 0 Å². The fourth-order valence-electron chi connectivity index (χ4n) is 1.34. The third-order valence-electron chi connectivity index (χ3n) is 2.81. The second-order valence-electron chi connectivity index (χ2n) is 4.37. The zero-order valence-electron chi connectivity index (χ0n) is 9.17. The lowest BCUT2D eigenvalue weighted by Crippen LogP contribution is -2.15. The van der Waals surface area contributed by atoms with Gasteiger partial charge < -0.3 is 4.42 Å².